The van der Waals surface area contributed by atoms with Gasteiger partial charge in [-0.1, -0.05) is 34.1 Å². The summed E-state index contributed by atoms with van der Waals surface area (Å²) in [6.07, 6.45) is -4.07. The predicted octanol–water partition coefficient (Wildman–Crippen LogP) is 6.57. The highest BCUT2D eigenvalue weighted by atomic mass is 79.9. The molecule has 3 aromatic carbocycles. The summed E-state index contributed by atoms with van der Waals surface area (Å²) in [5, 5.41) is 0. The van der Waals surface area contributed by atoms with E-state index in [2.05, 4.69) is 20.9 Å². The minimum absolute atomic E-state index is 0.230. The van der Waals surface area contributed by atoms with Gasteiger partial charge in [-0.05, 0) is 61.0 Å². The smallest absolute Gasteiger partial charge is 0.416 e. The molecule has 0 N–H and O–H groups in total. The highest BCUT2D eigenvalue weighted by Gasteiger charge is 2.31. The first-order chi connectivity index (χ1) is 15.3. The SMILES string of the molecule is CCOC(=O)c1cccc(-n2c(Cc3ccc(Br)cc3)nc3cc(C(F)(F)F)ccc32)c1. The van der Waals surface area contributed by atoms with Crippen LogP contribution in [0.2, 0.25) is 0 Å². The van der Waals surface area contributed by atoms with Gasteiger partial charge in [-0.15, -0.1) is 0 Å². The van der Waals surface area contributed by atoms with Gasteiger partial charge in [0.15, 0.2) is 0 Å². The van der Waals surface area contributed by atoms with E-state index in [1.165, 1.54) is 6.07 Å². The van der Waals surface area contributed by atoms with Crippen molar-refractivity contribution in [1.82, 2.24) is 9.55 Å². The number of hydrogen-bond acceptors (Lipinski definition) is 3. The molecule has 4 rings (SSSR count). The quantitative estimate of drug-likeness (QED) is 0.289. The van der Waals surface area contributed by atoms with Crippen molar-refractivity contribution in [3.05, 3.63) is 93.7 Å². The first-order valence-corrected chi connectivity index (χ1v) is 10.7. The van der Waals surface area contributed by atoms with E-state index < -0.39 is 17.7 Å². The Kier molecular flexibility index (Phi) is 6.06. The van der Waals surface area contributed by atoms with Gasteiger partial charge in [0.25, 0.3) is 0 Å². The number of halogens is 4. The highest BCUT2D eigenvalue weighted by molar-refractivity contribution is 9.10. The number of alkyl halides is 3. The van der Waals surface area contributed by atoms with E-state index in [0.717, 1.165) is 22.2 Å². The van der Waals surface area contributed by atoms with Gasteiger partial charge in [0, 0.05) is 16.6 Å². The molecule has 0 saturated heterocycles. The molecule has 4 nitrogen and oxygen atoms in total. The van der Waals surface area contributed by atoms with Gasteiger partial charge in [0.2, 0.25) is 0 Å². The summed E-state index contributed by atoms with van der Waals surface area (Å²) in [6.45, 7) is 1.96. The van der Waals surface area contributed by atoms with Crippen LogP contribution >= 0.6 is 15.9 Å². The van der Waals surface area contributed by atoms with Crippen molar-refractivity contribution >= 4 is 32.9 Å². The van der Waals surface area contributed by atoms with Crippen LogP contribution in [0.5, 0.6) is 0 Å². The molecule has 1 heterocycles. The lowest BCUT2D eigenvalue weighted by Crippen LogP contribution is -2.07. The summed E-state index contributed by atoms with van der Waals surface area (Å²) in [5.74, 6) is 0.0928. The number of esters is 1. The first kappa shape index (κ1) is 22.1. The third-order valence-corrected chi connectivity index (χ3v) is 5.47. The van der Waals surface area contributed by atoms with Crippen LogP contribution in [0.15, 0.2) is 71.2 Å². The van der Waals surface area contributed by atoms with Gasteiger partial charge in [-0.3, -0.25) is 4.57 Å². The fourth-order valence-electron chi connectivity index (χ4n) is 3.48. The lowest BCUT2D eigenvalue weighted by molar-refractivity contribution is -0.137. The van der Waals surface area contributed by atoms with Crippen LogP contribution in [0.25, 0.3) is 16.7 Å². The zero-order chi connectivity index (χ0) is 22.9. The van der Waals surface area contributed by atoms with Crippen molar-refractivity contribution in [2.45, 2.75) is 19.5 Å². The molecule has 8 heteroatoms. The minimum atomic E-state index is -4.46. The average Bonchev–Trinajstić information content (AvgIpc) is 3.12. The normalized spacial score (nSPS) is 11.7. The van der Waals surface area contributed by atoms with Crippen molar-refractivity contribution in [1.29, 1.82) is 0 Å². The lowest BCUT2D eigenvalue weighted by Gasteiger charge is -2.12. The van der Waals surface area contributed by atoms with Crippen LogP contribution in [0.1, 0.15) is 34.2 Å². The molecule has 164 valence electrons. The number of carbonyl (C=O) groups excluding carboxylic acids is 1. The Morgan fingerprint density at radius 2 is 1.81 bits per heavy atom. The fourth-order valence-corrected chi connectivity index (χ4v) is 3.75. The monoisotopic (exact) mass is 502 g/mol. The molecule has 0 amide bonds. The Balaban J connectivity index is 1.87. The standard InChI is InChI=1S/C24H18BrF3N2O2/c1-2-32-23(31)16-4-3-5-19(13-16)30-21-11-8-17(24(26,27)28)14-20(21)29-22(30)12-15-6-9-18(25)10-7-15/h3-11,13-14H,2,12H2,1H3. The molecule has 0 fully saturated rings. The first-order valence-electron chi connectivity index (χ1n) is 9.87. The molecular weight excluding hydrogens is 485 g/mol. The third-order valence-electron chi connectivity index (χ3n) is 4.94. The molecule has 0 radical (unpaired) electrons. The van der Waals surface area contributed by atoms with Crippen LogP contribution in [0.3, 0.4) is 0 Å². The summed E-state index contributed by atoms with van der Waals surface area (Å²) in [4.78, 5) is 16.7. The zero-order valence-corrected chi connectivity index (χ0v) is 18.6. The molecule has 0 aliphatic rings. The van der Waals surface area contributed by atoms with E-state index in [4.69, 9.17) is 4.74 Å². The van der Waals surface area contributed by atoms with Crippen LogP contribution in [-0.2, 0) is 17.3 Å². The van der Waals surface area contributed by atoms with E-state index in [1.54, 1.807) is 35.8 Å². The maximum Gasteiger partial charge on any atom is 0.416 e. The fraction of sp³-hybridized carbons (Fsp3) is 0.167. The molecule has 4 aromatic rings. The van der Waals surface area contributed by atoms with Crippen molar-refractivity contribution in [2.75, 3.05) is 6.61 Å². The largest absolute Gasteiger partial charge is 0.462 e. The topological polar surface area (TPSA) is 44.1 Å². The van der Waals surface area contributed by atoms with Gasteiger partial charge in [0.1, 0.15) is 5.82 Å². The molecule has 0 atom stereocenters. The molecule has 0 bridgehead atoms. The van der Waals surface area contributed by atoms with Crippen LogP contribution in [0.4, 0.5) is 13.2 Å². The third kappa shape index (κ3) is 4.55. The van der Waals surface area contributed by atoms with Gasteiger partial charge in [-0.2, -0.15) is 13.2 Å². The Bertz CT molecular complexity index is 1280. The number of ether oxygens (including phenoxy) is 1. The molecule has 32 heavy (non-hydrogen) atoms. The number of fused-ring (bicyclic) bond motifs is 1. The highest BCUT2D eigenvalue weighted by Crippen LogP contribution is 2.33. The predicted molar refractivity (Wildman–Crippen MR) is 119 cm³/mol. The van der Waals surface area contributed by atoms with E-state index in [9.17, 15) is 18.0 Å². The molecule has 0 saturated carbocycles. The molecular formula is C24H18BrF3N2O2. The van der Waals surface area contributed by atoms with E-state index in [1.807, 2.05) is 24.3 Å². The van der Waals surface area contributed by atoms with Crippen LogP contribution in [0, 0.1) is 0 Å². The molecule has 1 aromatic heterocycles. The average molecular weight is 503 g/mol. The molecule has 0 aliphatic carbocycles. The van der Waals surface area contributed by atoms with Gasteiger partial charge in [0.05, 0.1) is 28.8 Å². The van der Waals surface area contributed by atoms with Gasteiger partial charge in [-0.25, -0.2) is 9.78 Å². The summed E-state index contributed by atoms with van der Waals surface area (Å²) in [7, 11) is 0. The Morgan fingerprint density at radius 3 is 2.50 bits per heavy atom. The van der Waals surface area contributed by atoms with E-state index in [-0.39, 0.29) is 12.1 Å². The van der Waals surface area contributed by atoms with Crippen LogP contribution < -0.4 is 0 Å². The minimum Gasteiger partial charge on any atom is -0.462 e. The van der Waals surface area contributed by atoms with Crippen LogP contribution in [-0.4, -0.2) is 22.1 Å². The number of hydrogen-bond donors (Lipinski definition) is 0. The second-order valence-electron chi connectivity index (χ2n) is 7.14. The van der Waals surface area contributed by atoms with E-state index in [0.29, 0.717) is 29.0 Å². The number of carbonyl (C=O) groups is 1. The summed E-state index contributed by atoms with van der Waals surface area (Å²) in [5.41, 5.74) is 1.91. The Labute approximate surface area is 190 Å². The Morgan fingerprint density at radius 1 is 1.06 bits per heavy atom. The number of rotatable bonds is 5. The van der Waals surface area contributed by atoms with E-state index >= 15 is 0 Å². The number of benzene rings is 3. The molecule has 0 spiro atoms. The van der Waals surface area contributed by atoms with Crippen molar-refractivity contribution in [3.63, 3.8) is 0 Å². The summed E-state index contributed by atoms with van der Waals surface area (Å²) < 4.78 is 47.5. The van der Waals surface area contributed by atoms with Crippen molar-refractivity contribution in [3.8, 4) is 5.69 Å². The molecule has 0 aliphatic heterocycles. The van der Waals surface area contributed by atoms with Gasteiger partial charge >= 0.3 is 12.1 Å². The zero-order valence-electron chi connectivity index (χ0n) is 17.0. The number of nitrogens with zero attached hydrogens (tertiary/aromatic N) is 2. The van der Waals surface area contributed by atoms with Crippen molar-refractivity contribution in [2.24, 2.45) is 0 Å². The maximum absolute atomic E-state index is 13.3. The second-order valence-corrected chi connectivity index (χ2v) is 8.05. The maximum atomic E-state index is 13.3. The summed E-state index contributed by atoms with van der Waals surface area (Å²) >= 11 is 3.40. The summed E-state index contributed by atoms with van der Waals surface area (Å²) in [6, 6.07) is 17.9. The number of imidazole rings is 1. The lowest BCUT2D eigenvalue weighted by atomic mass is 10.1. The number of aromatic nitrogens is 2. The second kappa shape index (κ2) is 8.78. The molecule has 0 unspecified atom stereocenters. The van der Waals surface area contributed by atoms with Crippen molar-refractivity contribution < 1.29 is 22.7 Å². The Hall–Kier alpha value is -3.13. The van der Waals surface area contributed by atoms with Gasteiger partial charge < -0.3 is 4.74 Å².